The Morgan fingerprint density at radius 1 is 0.412 bits per heavy atom. The normalized spacial score (nSPS) is 11.2. The lowest BCUT2D eigenvalue weighted by Crippen LogP contribution is -2.15. The van der Waals surface area contributed by atoms with Crippen molar-refractivity contribution in [1.29, 1.82) is 0 Å². The number of hydrogen-bond donors (Lipinski definition) is 0. The Labute approximate surface area is 205 Å². The fourth-order valence-corrected chi connectivity index (χ4v) is 2.52. The second-order valence-corrected chi connectivity index (χ2v) is 7.30. The Kier molecular flexibility index (Phi) is 29.4. The number of esters is 1. The molecular formula is C24H48O10. The highest BCUT2D eigenvalue weighted by molar-refractivity contribution is 5.65. The molecule has 0 aliphatic heterocycles. The van der Waals surface area contributed by atoms with Gasteiger partial charge in [0.05, 0.1) is 99.1 Å². The largest absolute Gasteiger partial charge is 0.463 e. The van der Waals surface area contributed by atoms with Crippen LogP contribution in [-0.2, 0) is 47.4 Å². The van der Waals surface area contributed by atoms with Crippen molar-refractivity contribution in [2.45, 2.75) is 39.5 Å². The Morgan fingerprint density at radius 2 is 0.706 bits per heavy atom. The van der Waals surface area contributed by atoms with Gasteiger partial charge in [0.15, 0.2) is 0 Å². The van der Waals surface area contributed by atoms with Crippen LogP contribution in [-0.4, -0.2) is 118 Å². The molecule has 0 rings (SSSR count). The van der Waals surface area contributed by atoms with Crippen molar-refractivity contribution in [3.63, 3.8) is 0 Å². The summed E-state index contributed by atoms with van der Waals surface area (Å²) >= 11 is 0. The van der Waals surface area contributed by atoms with E-state index in [9.17, 15) is 4.79 Å². The molecule has 0 atom stereocenters. The summed E-state index contributed by atoms with van der Waals surface area (Å²) in [4.78, 5) is 10.6. The van der Waals surface area contributed by atoms with Gasteiger partial charge in [-0.3, -0.25) is 4.79 Å². The first-order chi connectivity index (χ1) is 16.8. The number of rotatable bonds is 29. The molecule has 0 spiro atoms. The summed E-state index contributed by atoms with van der Waals surface area (Å²) in [5.41, 5.74) is 0. The van der Waals surface area contributed by atoms with Gasteiger partial charge in [-0.1, -0.05) is 26.2 Å². The topological polar surface area (TPSA) is 100 Å². The number of ether oxygens (including phenoxy) is 9. The van der Waals surface area contributed by atoms with Gasteiger partial charge in [0.2, 0.25) is 0 Å². The predicted octanol–water partition coefficient (Wildman–Crippen LogP) is 2.26. The summed E-state index contributed by atoms with van der Waals surface area (Å²) in [5, 5.41) is 0. The quantitative estimate of drug-likeness (QED) is 0.113. The molecule has 204 valence electrons. The molecule has 10 heteroatoms. The van der Waals surface area contributed by atoms with E-state index in [-0.39, 0.29) is 12.6 Å². The van der Waals surface area contributed by atoms with Crippen LogP contribution < -0.4 is 0 Å². The zero-order valence-corrected chi connectivity index (χ0v) is 21.4. The van der Waals surface area contributed by atoms with E-state index in [2.05, 4.69) is 6.92 Å². The van der Waals surface area contributed by atoms with Gasteiger partial charge in [0.1, 0.15) is 6.61 Å². The predicted molar refractivity (Wildman–Crippen MR) is 127 cm³/mol. The highest BCUT2D eigenvalue weighted by Crippen LogP contribution is 1.98. The zero-order valence-electron chi connectivity index (χ0n) is 21.4. The molecule has 0 aliphatic carbocycles. The molecule has 0 aromatic carbocycles. The molecule has 0 saturated carbocycles. The third-order valence-electron chi connectivity index (χ3n) is 4.28. The molecule has 0 radical (unpaired) electrons. The number of hydrogen-bond acceptors (Lipinski definition) is 10. The van der Waals surface area contributed by atoms with Crippen molar-refractivity contribution in [2.24, 2.45) is 0 Å². The number of carbonyl (C=O) groups is 1. The van der Waals surface area contributed by atoms with E-state index in [1.807, 2.05) is 0 Å². The van der Waals surface area contributed by atoms with Gasteiger partial charge in [-0.2, -0.15) is 0 Å². The van der Waals surface area contributed by atoms with E-state index < -0.39 is 0 Å². The first-order valence-corrected chi connectivity index (χ1v) is 12.5. The Balaban J connectivity index is 3.01. The molecule has 0 heterocycles. The van der Waals surface area contributed by atoms with Crippen molar-refractivity contribution in [2.75, 3.05) is 112 Å². The molecule has 0 aliphatic rings. The SMILES string of the molecule is CCCCCCOCCOCCOCCOCCOCCOCCOCCOCCOC(C)=O. The first-order valence-electron chi connectivity index (χ1n) is 12.5. The van der Waals surface area contributed by atoms with Gasteiger partial charge in [-0.05, 0) is 6.42 Å². The molecule has 0 aromatic heterocycles. The van der Waals surface area contributed by atoms with E-state index >= 15 is 0 Å². The fourth-order valence-electron chi connectivity index (χ4n) is 2.52. The minimum atomic E-state index is -0.305. The Hall–Kier alpha value is -0.850. The highest BCUT2D eigenvalue weighted by Gasteiger charge is 1.96. The molecule has 0 amide bonds. The summed E-state index contributed by atoms with van der Waals surface area (Å²) in [7, 11) is 0. The highest BCUT2D eigenvalue weighted by atomic mass is 16.6. The molecule has 0 aromatic rings. The van der Waals surface area contributed by atoms with Gasteiger partial charge in [0, 0.05) is 13.5 Å². The van der Waals surface area contributed by atoms with E-state index in [1.54, 1.807) is 0 Å². The van der Waals surface area contributed by atoms with Crippen LogP contribution in [0.4, 0.5) is 0 Å². The van der Waals surface area contributed by atoms with Crippen LogP contribution in [0.3, 0.4) is 0 Å². The minimum absolute atomic E-state index is 0.266. The fraction of sp³-hybridized carbons (Fsp3) is 0.958. The Bertz CT molecular complexity index is 398. The molecule has 0 unspecified atom stereocenters. The van der Waals surface area contributed by atoms with Crippen molar-refractivity contribution < 1.29 is 47.4 Å². The third-order valence-corrected chi connectivity index (χ3v) is 4.28. The van der Waals surface area contributed by atoms with Gasteiger partial charge >= 0.3 is 5.97 Å². The summed E-state index contributed by atoms with van der Waals surface area (Å²) in [6, 6.07) is 0. The number of carbonyl (C=O) groups excluding carboxylic acids is 1. The molecule has 10 nitrogen and oxygen atoms in total. The second-order valence-electron chi connectivity index (χ2n) is 7.30. The lowest BCUT2D eigenvalue weighted by molar-refractivity contribution is -0.142. The van der Waals surface area contributed by atoms with Crippen LogP contribution in [0.5, 0.6) is 0 Å². The van der Waals surface area contributed by atoms with Gasteiger partial charge in [0.25, 0.3) is 0 Å². The lowest BCUT2D eigenvalue weighted by atomic mass is 10.2. The van der Waals surface area contributed by atoms with Crippen molar-refractivity contribution in [1.82, 2.24) is 0 Å². The first kappa shape index (κ1) is 33.1. The van der Waals surface area contributed by atoms with Crippen molar-refractivity contribution in [3.05, 3.63) is 0 Å². The Morgan fingerprint density at radius 3 is 1.00 bits per heavy atom. The summed E-state index contributed by atoms with van der Waals surface area (Å²) in [5.74, 6) is -0.305. The molecule has 34 heavy (non-hydrogen) atoms. The van der Waals surface area contributed by atoms with Crippen LogP contribution in [0.1, 0.15) is 39.5 Å². The minimum Gasteiger partial charge on any atom is -0.463 e. The van der Waals surface area contributed by atoms with Gasteiger partial charge in [-0.25, -0.2) is 0 Å². The summed E-state index contributed by atoms with van der Waals surface area (Å²) in [6.45, 7) is 12.5. The standard InChI is InChI=1S/C24H48O10/c1-3-4-5-6-7-26-8-9-27-10-11-28-12-13-29-14-15-30-16-17-31-18-19-32-20-21-33-22-23-34-24(2)25/h3-23H2,1-2H3. The molecule has 0 fully saturated rings. The second kappa shape index (κ2) is 30.2. The maximum absolute atomic E-state index is 10.6. The van der Waals surface area contributed by atoms with Gasteiger partial charge < -0.3 is 42.6 Å². The van der Waals surface area contributed by atoms with Crippen molar-refractivity contribution >= 4 is 5.97 Å². The summed E-state index contributed by atoms with van der Waals surface area (Å²) < 4.78 is 48.0. The van der Waals surface area contributed by atoms with Crippen LogP contribution in [0, 0.1) is 0 Å². The van der Waals surface area contributed by atoms with E-state index in [1.165, 1.54) is 26.2 Å². The van der Waals surface area contributed by atoms with Crippen LogP contribution in [0.15, 0.2) is 0 Å². The lowest BCUT2D eigenvalue weighted by Gasteiger charge is -2.08. The average molecular weight is 497 g/mol. The zero-order chi connectivity index (χ0) is 24.8. The van der Waals surface area contributed by atoms with Gasteiger partial charge in [-0.15, -0.1) is 0 Å². The van der Waals surface area contributed by atoms with E-state index in [0.717, 1.165) is 13.0 Å². The molecular weight excluding hydrogens is 448 g/mol. The maximum atomic E-state index is 10.6. The van der Waals surface area contributed by atoms with Crippen LogP contribution >= 0.6 is 0 Å². The molecule has 0 N–H and O–H groups in total. The summed E-state index contributed by atoms with van der Waals surface area (Å²) in [6.07, 6.45) is 4.90. The smallest absolute Gasteiger partial charge is 0.302 e. The van der Waals surface area contributed by atoms with E-state index in [4.69, 9.17) is 42.6 Å². The van der Waals surface area contributed by atoms with Crippen molar-refractivity contribution in [3.8, 4) is 0 Å². The van der Waals surface area contributed by atoms with Crippen LogP contribution in [0.25, 0.3) is 0 Å². The average Bonchev–Trinajstić information content (AvgIpc) is 2.83. The molecule has 0 bridgehead atoms. The van der Waals surface area contributed by atoms with Crippen LogP contribution in [0.2, 0.25) is 0 Å². The molecule has 0 saturated heterocycles. The number of unbranched alkanes of at least 4 members (excludes halogenated alkanes) is 3. The monoisotopic (exact) mass is 496 g/mol. The maximum Gasteiger partial charge on any atom is 0.302 e. The third kappa shape index (κ3) is 31.1. The van der Waals surface area contributed by atoms with E-state index in [0.29, 0.717) is 99.1 Å².